The predicted molar refractivity (Wildman–Crippen MR) is 54.6 cm³/mol. The molecule has 0 amide bonds. The zero-order valence-corrected chi connectivity index (χ0v) is 7.86. The van der Waals surface area contributed by atoms with Gasteiger partial charge in [0.1, 0.15) is 0 Å². The zero-order chi connectivity index (χ0) is 9.97. The van der Waals surface area contributed by atoms with Gasteiger partial charge in [-0.2, -0.15) is 0 Å². The third-order valence-corrected chi connectivity index (χ3v) is 2.42. The van der Waals surface area contributed by atoms with Gasteiger partial charge in [0.15, 0.2) is 0 Å². The summed E-state index contributed by atoms with van der Waals surface area (Å²) in [5, 5.41) is 12.0. The predicted octanol–water partition coefficient (Wildman–Crippen LogP) is 2.21. The first kappa shape index (κ1) is 9.06. The van der Waals surface area contributed by atoms with E-state index in [9.17, 15) is 4.79 Å². The van der Waals surface area contributed by atoms with Gasteiger partial charge in [0.25, 0.3) is 0 Å². The van der Waals surface area contributed by atoms with Crippen LogP contribution < -0.4 is 5.32 Å². The lowest BCUT2D eigenvalue weighted by Gasteiger charge is -2.04. The summed E-state index contributed by atoms with van der Waals surface area (Å²) in [6.45, 7) is 1.01. The second kappa shape index (κ2) is 3.70. The van der Waals surface area contributed by atoms with Crippen molar-refractivity contribution in [3.8, 4) is 0 Å². The largest absolute Gasteiger partial charge is 0.478 e. The first-order valence-electron chi connectivity index (χ1n) is 4.83. The Hall–Kier alpha value is -1.51. The summed E-state index contributed by atoms with van der Waals surface area (Å²) in [6, 6.07) is 6.87. The highest BCUT2D eigenvalue weighted by molar-refractivity contribution is 5.87. The fourth-order valence-corrected chi connectivity index (χ4v) is 1.31. The summed E-state index contributed by atoms with van der Waals surface area (Å²) in [6.07, 6.45) is 2.64. The highest BCUT2D eigenvalue weighted by Crippen LogP contribution is 2.28. The highest BCUT2D eigenvalue weighted by atomic mass is 16.4. The highest BCUT2D eigenvalue weighted by Gasteiger charge is 2.20. The molecule has 1 aromatic carbocycles. The van der Waals surface area contributed by atoms with Crippen LogP contribution >= 0.6 is 0 Å². The van der Waals surface area contributed by atoms with Crippen molar-refractivity contribution in [2.45, 2.75) is 12.8 Å². The summed E-state index contributed by atoms with van der Waals surface area (Å²) < 4.78 is 0. The van der Waals surface area contributed by atoms with Crippen LogP contribution in [0.2, 0.25) is 0 Å². The van der Waals surface area contributed by atoms with E-state index < -0.39 is 5.97 Å². The number of anilines is 1. The van der Waals surface area contributed by atoms with Crippen LogP contribution in [0.15, 0.2) is 24.3 Å². The Morgan fingerprint density at radius 1 is 1.36 bits per heavy atom. The Balaban J connectivity index is 1.94. The molecule has 0 aliphatic heterocycles. The van der Waals surface area contributed by atoms with E-state index in [1.165, 1.54) is 12.8 Å². The molecule has 0 aromatic heterocycles. The third-order valence-electron chi connectivity index (χ3n) is 2.42. The van der Waals surface area contributed by atoms with Crippen LogP contribution in [-0.2, 0) is 0 Å². The molecule has 1 saturated carbocycles. The number of hydrogen-bond acceptors (Lipinski definition) is 2. The maximum absolute atomic E-state index is 10.6. The number of benzene rings is 1. The lowest BCUT2D eigenvalue weighted by atomic mass is 10.2. The van der Waals surface area contributed by atoms with Gasteiger partial charge in [0.05, 0.1) is 5.56 Å². The molecular formula is C11H13NO2. The Morgan fingerprint density at radius 2 is 2.00 bits per heavy atom. The molecule has 3 nitrogen and oxygen atoms in total. The molecule has 1 fully saturated rings. The molecule has 0 saturated heterocycles. The number of carboxylic acids is 1. The van der Waals surface area contributed by atoms with Crippen molar-refractivity contribution in [1.82, 2.24) is 0 Å². The zero-order valence-electron chi connectivity index (χ0n) is 7.86. The Labute approximate surface area is 82.8 Å². The average molecular weight is 191 g/mol. The molecule has 0 heterocycles. The number of nitrogens with one attached hydrogen (secondary N) is 1. The Kier molecular flexibility index (Phi) is 2.39. The summed E-state index contributed by atoms with van der Waals surface area (Å²) in [4.78, 5) is 10.6. The van der Waals surface area contributed by atoms with Crippen LogP contribution in [0.4, 0.5) is 5.69 Å². The summed E-state index contributed by atoms with van der Waals surface area (Å²) in [5.41, 5.74) is 1.34. The van der Waals surface area contributed by atoms with Crippen LogP contribution in [0.25, 0.3) is 0 Å². The van der Waals surface area contributed by atoms with Gasteiger partial charge in [-0.1, -0.05) is 0 Å². The van der Waals surface area contributed by atoms with Crippen molar-refractivity contribution in [3.05, 3.63) is 29.8 Å². The molecule has 1 aliphatic carbocycles. The molecule has 74 valence electrons. The minimum Gasteiger partial charge on any atom is -0.478 e. The Bertz CT molecular complexity index is 328. The summed E-state index contributed by atoms with van der Waals surface area (Å²) in [7, 11) is 0. The van der Waals surface area contributed by atoms with Crippen molar-refractivity contribution in [2.24, 2.45) is 5.92 Å². The maximum atomic E-state index is 10.6. The molecule has 2 N–H and O–H groups in total. The fraction of sp³-hybridized carbons (Fsp3) is 0.364. The maximum Gasteiger partial charge on any atom is 0.335 e. The molecule has 0 bridgehead atoms. The molecule has 2 rings (SSSR count). The van der Waals surface area contributed by atoms with Crippen molar-refractivity contribution >= 4 is 11.7 Å². The van der Waals surface area contributed by atoms with Crippen LogP contribution in [-0.4, -0.2) is 17.6 Å². The van der Waals surface area contributed by atoms with Crippen molar-refractivity contribution in [3.63, 3.8) is 0 Å². The quantitative estimate of drug-likeness (QED) is 0.767. The minimum absolute atomic E-state index is 0.335. The molecule has 1 aromatic rings. The smallest absolute Gasteiger partial charge is 0.335 e. The van der Waals surface area contributed by atoms with E-state index in [0.29, 0.717) is 5.56 Å². The first-order valence-corrected chi connectivity index (χ1v) is 4.83. The normalized spacial score (nSPS) is 15.1. The van der Waals surface area contributed by atoms with Crippen LogP contribution in [0.1, 0.15) is 23.2 Å². The van der Waals surface area contributed by atoms with E-state index in [2.05, 4.69) is 5.32 Å². The average Bonchev–Trinajstić information content (AvgIpc) is 2.99. The third kappa shape index (κ3) is 2.25. The molecule has 0 spiro atoms. The number of aromatic carboxylic acids is 1. The minimum atomic E-state index is -0.876. The summed E-state index contributed by atoms with van der Waals surface area (Å²) >= 11 is 0. The molecule has 3 heteroatoms. The SMILES string of the molecule is O=C(O)c1ccc(NCC2CC2)cc1. The van der Waals surface area contributed by atoms with E-state index in [-0.39, 0.29) is 0 Å². The summed E-state index contributed by atoms with van der Waals surface area (Å²) in [5.74, 6) is -0.0482. The van der Waals surface area contributed by atoms with Crippen LogP contribution in [0.5, 0.6) is 0 Å². The van der Waals surface area contributed by atoms with Gasteiger partial charge < -0.3 is 10.4 Å². The van der Waals surface area contributed by atoms with Gasteiger partial charge in [0, 0.05) is 12.2 Å². The molecule has 0 radical (unpaired) electrons. The lowest BCUT2D eigenvalue weighted by Crippen LogP contribution is -2.03. The van der Waals surface area contributed by atoms with Gasteiger partial charge in [-0.15, -0.1) is 0 Å². The molecular weight excluding hydrogens is 178 g/mol. The van der Waals surface area contributed by atoms with Gasteiger partial charge in [-0.25, -0.2) is 4.79 Å². The van der Waals surface area contributed by atoms with E-state index in [1.54, 1.807) is 12.1 Å². The van der Waals surface area contributed by atoms with Crippen LogP contribution in [0, 0.1) is 5.92 Å². The van der Waals surface area contributed by atoms with Gasteiger partial charge in [-0.3, -0.25) is 0 Å². The number of carboxylic acid groups (broad SMARTS) is 1. The van der Waals surface area contributed by atoms with Crippen molar-refractivity contribution in [2.75, 3.05) is 11.9 Å². The second-order valence-corrected chi connectivity index (χ2v) is 3.71. The lowest BCUT2D eigenvalue weighted by molar-refractivity contribution is 0.0697. The molecule has 1 aliphatic rings. The van der Waals surface area contributed by atoms with Crippen molar-refractivity contribution in [1.29, 1.82) is 0 Å². The van der Waals surface area contributed by atoms with E-state index >= 15 is 0 Å². The monoisotopic (exact) mass is 191 g/mol. The standard InChI is InChI=1S/C11H13NO2/c13-11(14)9-3-5-10(6-4-9)12-7-8-1-2-8/h3-6,8,12H,1-2,7H2,(H,13,14). The van der Waals surface area contributed by atoms with Gasteiger partial charge in [-0.05, 0) is 43.0 Å². The van der Waals surface area contributed by atoms with Gasteiger partial charge in [0.2, 0.25) is 0 Å². The molecule has 0 atom stereocenters. The van der Waals surface area contributed by atoms with Crippen LogP contribution in [0.3, 0.4) is 0 Å². The Morgan fingerprint density at radius 3 is 2.50 bits per heavy atom. The molecule has 14 heavy (non-hydrogen) atoms. The topological polar surface area (TPSA) is 49.3 Å². The fourth-order valence-electron chi connectivity index (χ4n) is 1.31. The van der Waals surface area contributed by atoms with E-state index in [4.69, 9.17) is 5.11 Å². The number of rotatable bonds is 4. The molecule has 0 unspecified atom stereocenters. The van der Waals surface area contributed by atoms with Gasteiger partial charge >= 0.3 is 5.97 Å². The van der Waals surface area contributed by atoms with E-state index in [1.807, 2.05) is 12.1 Å². The first-order chi connectivity index (χ1) is 6.75. The van der Waals surface area contributed by atoms with Crippen molar-refractivity contribution < 1.29 is 9.90 Å². The van der Waals surface area contributed by atoms with E-state index in [0.717, 1.165) is 18.2 Å². The number of hydrogen-bond donors (Lipinski definition) is 2. The second-order valence-electron chi connectivity index (χ2n) is 3.71. The number of carbonyl (C=O) groups is 1.